The number of benzene rings is 6. The van der Waals surface area contributed by atoms with Crippen molar-refractivity contribution in [3.63, 3.8) is 0 Å². The molecule has 0 saturated carbocycles. The Hall–Kier alpha value is -4.38. The zero-order valence-electron chi connectivity index (χ0n) is 28.7. The Morgan fingerprint density at radius 1 is 0.431 bits per heavy atom. The second-order valence-electron chi connectivity index (χ2n) is 11.2. The van der Waals surface area contributed by atoms with Gasteiger partial charge in [-0.25, -0.2) is 0 Å². The molecule has 6 rings (SSSR count). The molecule has 5 nitrogen and oxygen atoms in total. The number of rotatable bonds is 6. The summed E-state index contributed by atoms with van der Waals surface area (Å²) in [5.41, 5.74) is 11.5. The topological polar surface area (TPSA) is 82.2 Å². The number of aryl methyl sites for hydroxylation is 4. The number of aliphatic imine (C=N–C) groups is 2. The van der Waals surface area contributed by atoms with Crippen LogP contribution in [-0.2, 0) is 23.2 Å². The second-order valence-corrected chi connectivity index (χ2v) is 11.2. The first kappa shape index (κ1) is 44.6. The summed E-state index contributed by atoms with van der Waals surface area (Å²) in [6.07, 6.45) is 3.47. The van der Waals surface area contributed by atoms with Crippen molar-refractivity contribution < 1.29 is 33.4 Å². The minimum absolute atomic E-state index is 0. The number of hydrogen-bond donors (Lipinski definition) is 2. The van der Waals surface area contributed by atoms with E-state index in [1.807, 2.05) is 161 Å². The molecule has 0 atom stereocenters. The maximum absolute atomic E-state index is 10.6. The summed E-state index contributed by atoms with van der Waals surface area (Å²) in [7, 11) is 0. The number of nitrogens with zero attached hydrogens (tertiary/aromatic N) is 2. The fraction of sp³-hybridized carbons (Fsp3) is 0.0952. The third kappa shape index (κ3) is 11.8. The summed E-state index contributed by atoms with van der Waals surface area (Å²) >= 11 is 0.333. The van der Waals surface area contributed by atoms with Gasteiger partial charge in [0.15, 0.2) is 0 Å². The summed E-state index contributed by atoms with van der Waals surface area (Å²) in [5.74, 6) is 0.516. The zero-order valence-corrected chi connectivity index (χ0v) is 34.1. The van der Waals surface area contributed by atoms with Crippen molar-refractivity contribution in [1.29, 1.82) is 0 Å². The van der Waals surface area contributed by atoms with E-state index in [1.54, 1.807) is 12.4 Å². The molecule has 264 valence electrons. The molecule has 0 amide bonds. The first-order chi connectivity index (χ1) is 23.3. The van der Waals surface area contributed by atoms with E-state index >= 15 is 0 Å². The predicted octanol–water partition coefficient (Wildman–Crippen LogP) is 12.0. The molecule has 0 aromatic heterocycles. The molecule has 0 heterocycles. The van der Waals surface area contributed by atoms with Gasteiger partial charge in [0.25, 0.3) is 0 Å². The van der Waals surface area contributed by atoms with E-state index in [1.165, 1.54) is 0 Å². The van der Waals surface area contributed by atoms with Crippen LogP contribution in [0, 0.1) is 27.7 Å². The van der Waals surface area contributed by atoms with Crippen LogP contribution in [0.15, 0.2) is 143 Å². The van der Waals surface area contributed by atoms with Crippen molar-refractivity contribution in [2.45, 2.75) is 27.7 Å². The van der Waals surface area contributed by atoms with Crippen LogP contribution in [0.5, 0.6) is 11.5 Å². The molecule has 0 aliphatic carbocycles. The molecule has 0 saturated heterocycles. The van der Waals surface area contributed by atoms with Gasteiger partial charge in [0, 0.05) is 34.7 Å². The molecule has 6 aromatic carbocycles. The van der Waals surface area contributed by atoms with Crippen LogP contribution in [0.1, 0.15) is 33.4 Å². The molecule has 0 radical (unpaired) electrons. The third-order valence-electron chi connectivity index (χ3n) is 7.85. The van der Waals surface area contributed by atoms with Gasteiger partial charge in [-0.3, -0.25) is 9.98 Å². The average molecular weight is 912 g/mol. The molecular formula is C42H41Cl3N2O3W. The first-order valence-corrected chi connectivity index (χ1v) is 16.6. The normalized spacial score (nSPS) is 10.0. The number of phenols is 2. The van der Waals surface area contributed by atoms with E-state index in [0.717, 1.165) is 55.9 Å². The van der Waals surface area contributed by atoms with Crippen LogP contribution in [-0.4, -0.2) is 22.6 Å². The molecule has 0 aliphatic heterocycles. The van der Waals surface area contributed by atoms with Crippen molar-refractivity contribution >= 4 is 61.0 Å². The molecule has 0 unspecified atom stereocenters. The summed E-state index contributed by atoms with van der Waals surface area (Å²) in [6.45, 7) is 8.17. The van der Waals surface area contributed by atoms with E-state index in [9.17, 15) is 10.2 Å². The Morgan fingerprint density at radius 3 is 1.04 bits per heavy atom. The Bertz CT molecular complexity index is 1850. The standard InChI is InChI=1S/2C21H19NO.3ClH.O.W/c2*1-15-8-6-9-16(2)20(15)22-14-18-12-7-13-19(21(18)23)17-10-4-3-5-11-17;;;;;/h2*3-14,23H,1-2H3;3*1H;;. The van der Waals surface area contributed by atoms with E-state index in [0.29, 0.717) is 30.9 Å². The number of phenolic OH excluding ortho intramolecular Hbond substituents is 2. The van der Waals surface area contributed by atoms with E-state index in [4.69, 9.17) is 3.40 Å². The average Bonchev–Trinajstić information content (AvgIpc) is 3.11. The molecule has 0 spiro atoms. The van der Waals surface area contributed by atoms with Gasteiger partial charge >= 0.3 is 23.2 Å². The van der Waals surface area contributed by atoms with E-state index in [-0.39, 0.29) is 48.7 Å². The van der Waals surface area contributed by atoms with Gasteiger partial charge < -0.3 is 10.2 Å². The van der Waals surface area contributed by atoms with Crippen LogP contribution in [0.4, 0.5) is 11.4 Å². The summed E-state index contributed by atoms with van der Waals surface area (Å²) in [4.78, 5) is 9.17. The molecule has 9 heteroatoms. The molecule has 2 N–H and O–H groups in total. The van der Waals surface area contributed by atoms with Gasteiger partial charge in [0.2, 0.25) is 0 Å². The Balaban J connectivity index is 0.000000461. The van der Waals surface area contributed by atoms with Crippen molar-refractivity contribution in [2.24, 2.45) is 9.98 Å². The van der Waals surface area contributed by atoms with Crippen molar-refractivity contribution in [3.05, 3.63) is 167 Å². The van der Waals surface area contributed by atoms with Gasteiger partial charge in [-0.15, -0.1) is 37.2 Å². The van der Waals surface area contributed by atoms with Crippen molar-refractivity contribution in [1.82, 2.24) is 0 Å². The van der Waals surface area contributed by atoms with Crippen LogP contribution < -0.4 is 0 Å². The molecular weight excluding hydrogens is 871 g/mol. The molecule has 0 bridgehead atoms. The van der Waals surface area contributed by atoms with E-state index < -0.39 is 0 Å². The molecule has 0 aliphatic rings. The zero-order chi connectivity index (χ0) is 34.5. The van der Waals surface area contributed by atoms with Gasteiger partial charge in [-0.1, -0.05) is 121 Å². The number of para-hydroxylation sites is 4. The quantitative estimate of drug-likeness (QED) is 0.163. The molecule has 6 aromatic rings. The SMILES string of the molecule is Cc1cccc(C)c1N=Cc1cccc(-c2ccccc2)c1O.Cc1cccc(C)c1N=Cc1cccc(-c2ccccc2)c1O.Cl.Cl.Cl.[O]=[W]. The van der Waals surface area contributed by atoms with Crippen LogP contribution >= 0.6 is 37.2 Å². The fourth-order valence-corrected chi connectivity index (χ4v) is 5.32. The predicted molar refractivity (Wildman–Crippen MR) is 216 cm³/mol. The number of halogens is 3. The van der Waals surface area contributed by atoms with Gasteiger partial charge in [0.05, 0.1) is 11.4 Å². The molecule has 0 fully saturated rings. The Kier molecular flexibility index (Phi) is 19.6. The Morgan fingerprint density at radius 2 is 0.725 bits per heavy atom. The monoisotopic (exact) mass is 910 g/mol. The maximum atomic E-state index is 10.6. The fourth-order valence-electron chi connectivity index (χ4n) is 5.32. The van der Waals surface area contributed by atoms with Crippen LogP contribution in [0.3, 0.4) is 0 Å². The summed E-state index contributed by atoms with van der Waals surface area (Å²) in [6, 6.07) is 43.4. The minimum atomic E-state index is 0. The van der Waals surface area contributed by atoms with Crippen LogP contribution in [0.25, 0.3) is 22.3 Å². The van der Waals surface area contributed by atoms with Gasteiger partial charge in [0.1, 0.15) is 11.5 Å². The number of hydrogen-bond acceptors (Lipinski definition) is 5. The third-order valence-corrected chi connectivity index (χ3v) is 7.85. The Labute approximate surface area is 330 Å². The van der Waals surface area contributed by atoms with Crippen molar-refractivity contribution in [3.8, 4) is 33.8 Å². The van der Waals surface area contributed by atoms with Gasteiger partial charge in [-0.2, -0.15) is 0 Å². The molecule has 51 heavy (non-hydrogen) atoms. The van der Waals surface area contributed by atoms with Gasteiger partial charge in [-0.05, 0) is 73.2 Å². The summed E-state index contributed by atoms with van der Waals surface area (Å²) in [5, 5.41) is 21.1. The second kappa shape index (κ2) is 22.4. The van der Waals surface area contributed by atoms with Crippen LogP contribution in [0.2, 0.25) is 0 Å². The summed E-state index contributed by atoms with van der Waals surface area (Å²) < 4.78 is 8.33. The first-order valence-electron chi connectivity index (χ1n) is 15.5. The number of aromatic hydroxyl groups is 2. The van der Waals surface area contributed by atoms with E-state index in [2.05, 4.69) is 9.98 Å². The van der Waals surface area contributed by atoms with Crippen molar-refractivity contribution in [2.75, 3.05) is 0 Å².